The van der Waals surface area contributed by atoms with Crippen molar-refractivity contribution in [3.63, 3.8) is 0 Å². The van der Waals surface area contributed by atoms with Crippen molar-refractivity contribution in [2.75, 3.05) is 0 Å². The lowest BCUT2D eigenvalue weighted by Gasteiger charge is -2.24. The summed E-state index contributed by atoms with van der Waals surface area (Å²) >= 11 is 0. The number of benzene rings is 1. The van der Waals surface area contributed by atoms with E-state index in [1.54, 1.807) is 24.5 Å². The zero-order valence-corrected chi connectivity index (χ0v) is 13.9. The van der Waals surface area contributed by atoms with Crippen molar-refractivity contribution in [1.82, 2.24) is 15.4 Å². The third-order valence-corrected chi connectivity index (χ3v) is 4.72. The number of aromatic nitrogens is 2. The van der Waals surface area contributed by atoms with Crippen LogP contribution < -0.4 is 5.43 Å². The van der Waals surface area contributed by atoms with Crippen LogP contribution in [0.5, 0.6) is 0 Å². The molecule has 4 atom stereocenters. The summed E-state index contributed by atoms with van der Waals surface area (Å²) in [5.41, 5.74) is 4.80. The van der Waals surface area contributed by atoms with Crippen LogP contribution in [-0.2, 0) is 4.84 Å². The van der Waals surface area contributed by atoms with E-state index in [1.165, 1.54) is 6.07 Å². The highest BCUT2D eigenvalue weighted by atomic mass is 19.1. The molecule has 25 heavy (non-hydrogen) atoms. The van der Waals surface area contributed by atoms with E-state index in [0.717, 1.165) is 5.56 Å². The van der Waals surface area contributed by atoms with Gasteiger partial charge < -0.3 is 10.3 Å². The number of aryl methyl sites for hydroxylation is 1. The fourth-order valence-corrected chi connectivity index (χ4v) is 3.41. The van der Waals surface area contributed by atoms with Gasteiger partial charge in [0.2, 0.25) is 0 Å². The second-order valence-electron chi connectivity index (χ2n) is 6.34. The second kappa shape index (κ2) is 6.23. The number of halogens is 1. The SMILES string of the molecule is Cc1cccc(F)c1C1=NOC(C2C=NNC2C)C1c1ncccn1. The molecular formula is C18H18FN5O. The monoisotopic (exact) mass is 339 g/mol. The van der Waals surface area contributed by atoms with E-state index >= 15 is 0 Å². The molecule has 3 heterocycles. The predicted octanol–water partition coefficient (Wildman–Crippen LogP) is 2.40. The van der Waals surface area contributed by atoms with Gasteiger partial charge in [-0.3, -0.25) is 0 Å². The van der Waals surface area contributed by atoms with Gasteiger partial charge in [0.05, 0.1) is 12.0 Å². The molecule has 0 fully saturated rings. The quantitative estimate of drug-likeness (QED) is 0.932. The Hall–Kier alpha value is -2.83. The van der Waals surface area contributed by atoms with Crippen molar-refractivity contribution < 1.29 is 9.23 Å². The molecule has 0 radical (unpaired) electrons. The summed E-state index contributed by atoms with van der Waals surface area (Å²) in [4.78, 5) is 14.5. The first-order chi connectivity index (χ1) is 12.2. The van der Waals surface area contributed by atoms with E-state index in [0.29, 0.717) is 17.1 Å². The van der Waals surface area contributed by atoms with Crippen LogP contribution >= 0.6 is 0 Å². The van der Waals surface area contributed by atoms with Crippen molar-refractivity contribution >= 4 is 11.9 Å². The zero-order chi connectivity index (χ0) is 17.4. The molecule has 128 valence electrons. The second-order valence-corrected chi connectivity index (χ2v) is 6.34. The van der Waals surface area contributed by atoms with Crippen LogP contribution in [0.1, 0.15) is 29.8 Å². The molecule has 1 aromatic heterocycles. The Labute approximate surface area is 144 Å². The minimum atomic E-state index is -0.365. The third-order valence-electron chi connectivity index (χ3n) is 4.72. The minimum absolute atomic E-state index is 0.0119. The van der Waals surface area contributed by atoms with Crippen molar-refractivity contribution in [1.29, 1.82) is 0 Å². The van der Waals surface area contributed by atoms with Crippen LogP contribution in [0.2, 0.25) is 0 Å². The lowest BCUT2D eigenvalue weighted by atomic mass is 9.82. The zero-order valence-electron chi connectivity index (χ0n) is 13.9. The summed E-state index contributed by atoms with van der Waals surface area (Å²) in [6.45, 7) is 3.88. The topological polar surface area (TPSA) is 71.8 Å². The maximum Gasteiger partial charge on any atom is 0.153 e. The first kappa shape index (κ1) is 15.7. The molecule has 7 heteroatoms. The van der Waals surface area contributed by atoms with Gasteiger partial charge in [0.15, 0.2) is 6.10 Å². The van der Waals surface area contributed by atoms with Crippen LogP contribution in [0.4, 0.5) is 4.39 Å². The lowest BCUT2D eigenvalue weighted by molar-refractivity contribution is 0.0457. The van der Waals surface area contributed by atoms with E-state index < -0.39 is 0 Å². The summed E-state index contributed by atoms with van der Waals surface area (Å²) in [5, 5.41) is 8.38. The lowest BCUT2D eigenvalue weighted by Crippen LogP contribution is -2.38. The van der Waals surface area contributed by atoms with Gasteiger partial charge in [-0.25, -0.2) is 14.4 Å². The fourth-order valence-electron chi connectivity index (χ4n) is 3.41. The molecule has 2 aliphatic rings. The average molecular weight is 339 g/mol. The Morgan fingerprint density at radius 3 is 2.64 bits per heavy atom. The summed E-state index contributed by atoms with van der Waals surface area (Å²) < 4.78 is 14.6. The standard InChI is InChI=1S/C18H18FN5O/c1-10-5-3-6-13(19)14(10)16-15(18-20-7-4-8-21-18)17(25-24-16)12-9-22-23-11(12)2/h3-9,11-12,15,17,23H,1-2H3. The molecule has 2 aromatic rings. The van der Waals surface area contributed by atoms with Gasteiger partial charge in [-0.2, -0.15) is 5.10 Å². The number of nitrogens with one attached hydrogen (secondary N) is 1. The number of nitrogens with zero attached hydrogens (tertiary/aromatic N) is 4. The minimum Gasteiger partial charge on any atom is -0.390 e. The summed E-state index contributed by atoms with van der Waals surface area (Å²) in [5.74, 6) is -0.133. The van der Waals surface area contributed by atoms with Crippen LogP contribution in [0.25, 0.3) is 0 Å². The fraction of sp³-hybridized carbons (Fsp3) is 0.333. The molecule has 0 saturated heterocycles. The molecule has 0 saturated carbocycles. The van der Waals surface area contributed by atoms with E-state index in [1.807, 2.05) is 26.1 Å². The Morgan fingerprint density at radius 1 is 1.16 bits per heavy atom. The van der Waals surface area contributed by atoms with Gasteiger partial charge in [0.1, 0.15) is 23.3 Å². The number of rotatable bonds is 3. The van der Waals surface area contributed by atoms with Crippen molar-refractivity contribution in [2.45, 2.75) is 31.9 Å². The molecule has 0 spiro atoms. The average Bonchev–Trinajstić information content (AvgIpc) is 3.21. The van der Waals surface area contributed by atoms with Crippen LogP contribution in [0.3, 0.4) is 0 Å². The van der Waals surface area contributed by atoms with Gasteiger partial charge in [-0.1, -0.05) is 17.3 Å². The van der Waals surface area contributed by atoms with E-state index in [4.69, 9.17) is 4.84 Å². The smallest absolute Gasteiger partial charge is 0.153 e. The summed E-state index contributed by atoms with van der Waals surface area (Å²) in [6.07, 6.45) is 4.82. The molecule has 0 aliphatic carbocycles. The highest BCUT2D eigenvalue weighted by molar-refractivity contribution is 6.07. The number of hydrogen-bond donors (Lipinski definition) is 1. The molecule has 0 amide bonds. The first-order valence-electron chi connectivity index (χ1n) is 8.21. The van der Waals surface area contributed by atoms with Crippen molar-refractivity contribution in [2.24, 2.45) is 16.2 Å². The third kappa shape index (κ3) is 2.65. The number of hydrazone groups is 1. The molecule has 1 N–H and O–H groups in total. The molecule has 6 nitrogen and oxygen atoms in total. The molecular weight excluding hydrogens is 321 g/mol. The number of hydrogen-bond acceptors (Lipinski definition) is 6. The maximum absolute atomic E-state index is 14.6. The van der Waals surface area contributed by atoms with Crippen molar-refractivity contribution in [3.8, 4) is 0 Å². The summed E-state index contributed by atoms with van der Waals surface area (Å²) in [6, 6.07) is 6.82. The Balaban J connectivity index is 1.80. The molecule has 4 unspecified atom stereocenters. The maximum atomic E-state index is 14.6. The molecule has 0 bridgehead atoms. The Kier molecular flexibility index (Phi) is 3.91. The molecule has 1 aromatic carbocycles. The molecule has 4 rings (SSSR count). The highest BCUT2D eigenvalue weighted by Gasteiger charge is 2.46. The van der Waals surface area contributed by atoms with Gasteiger partial charge in [-0.05, 0) is 31.5 Å². The largest absolute Gasteiger partial charge is 0.390 e. The van der Waals surface area contributed by atoms with Crippen LogP contribution in [-0.4, -0.2) is 34.0 Å². The van der Waals surface area contributed by atoms with E-state index in [-0.39, 0.29) is 29.8 Å². The van der Waals surface area contributed by atoms with Crippen molar-refractivity contribution in [3.05, 3.63) is 59.4 Å². The Bertz CT molecular complexity index is 818. The predicted molar refractivity (Wildman–Crippen MR) is 91.9 cm³/mol. The van der Waals surface area contributed by atoms with Gasteiger partial charge in [0.25, 0.3) is 0 Å². The molecule has 2 aliphatic heterocycles. The Morgan fingerprint density at radius 2 is 1.96 bits per heavy atom. The van der Waals surface area contributed by atoms with Crippen LogP contribution in [0.15, 0.2) is 46.9 Å². The van der Waals surface area contributed by atoms with E-state index in [2.05, 4.69) is 25.7 Å². The van der Waals surface area contributed by atoms with Crippen LogP contribution in [0, 0.1) is 18.7 Å². The van der Waals surface area contributed by atoms with Gasteiger partial charge in [-0.15, -0.1) is 0 Å². The normalized spacial score (nSPS) is 27.7. The number of oxime groups is 1. The van der Waals surface area contributed by atoms with Gasteiger partial charge >= 0.3 is 0 Å². The summed E-state index contributed by atoms with van der Waals surface area (Å²) in [7, 11) is 0. The van der Waals surface area contributed by atoms with Gasteiger partial charge in [0, 0.05) is 24.2 Å². The first-order valence-corrected chi connectivity index (χ1v) is 8.21. The highest BCUT2D eigenvalue weighted by Crippen LogP contribution is 2.37. The van der Waals surface area contributed by atoms with E-state index in [9.17, 15) is 4.39 Å².